The molecule has 1 aromatic carbocycles. The minimum Gasteiger partial charge on any atom is -0.433 e. The monoisotopic (exact) mass is 255 g/mol. The van der Waals surface area contributed by atoms with Crippen molar-refractivity contribution in [2.75, 3.05) is 11.4 Å². The number of anilines is 1. The molecule has 0 atom stereocenters. The van der Waals surface area contributed by atoms with Gasteiger partial charge in [-0.15, -0.1) is 0 Å². The molecule has 0 heterocycles. The summed E-state index contributed by atoms with van der Waals surface area (Å²) >= 11 is 10.5. The summed E-state index contributed by atoms with van der Waals surface area (Å²) in [6.45, 7) is 0. The highest BCUT2D eigenvalue weighted by molar-refractivity contribution is 6.30. The van der Waals surface area contributed by atoms with Crippen LogP contribution in [0.4, 0.5) is 19.3 Å². The summed E-state index contributed by atoms with van der Waals surface area (Å²) < 4.78 is 30.1. The van der Waals surface area contributed by atoms with Crippen LogP contribution in [0.2, 0.25) is 5.02 Å². The number of nitrogens with one attached hydrogen (secondary N) is 1. The van der Waals surface area contributed by atoms with E-state index in [0.717, 1.165) is 12.1 Å². The van der Waals surface area contributed by atoms with Crippen molar-refractivity contribution in [2.45, 2.75) is 0 Å². The smallest absolute Gasteiger partial charge is 0.412 e. The summed E-state index contributed by atoms with van der Waals surface area (Å²) in [7, 11) is 0. The number of carbonyl (C=O) groups excluding carboxylic acids is 1. The van der Waals surface area contributed by atoms with Crippen molar-refractivity contribution >= 4 is 35.0 Å². The van der Waals surface area contributed by atoms with Crippen LogP contribution in [-0.4, -0.2) is 12.2 Å². The number of amides is 1. The van der Waals surface area contributed by atoms with Gasteiger partial charge in [-0.1, -0.05) is 23.2 Å². The van der Waals surface area contributed by atoms with Crippen LogP contribution in [0.1, 0.15) is 0 Å². The van der Waals surface area contributed by atoms with E-state index in [0.29, 0.717) is 0 Å². The second kappa shape index (κ2) is 5.14. The van der Waals surface area contributed by atoms with E-state index in [2.05, 4.69) is 4.74 Å². The van der Waals surface area contributed by atoms with Crippen LogP contribution < -0.4 is 5.32 Å². The van der Waals surface area contributed by atoms with Gasteiger partial charge in [0.25, 0.3) is 0 Å². The van der Waals surface area contributed by atoms with Gasteiger partial charge in [0.1, 0.15) is 0 Å². The Kier molecular flexibility index (Phi) is 4.11. The summed E-state index contributed by atoms with van der Waals surface area (Å²) in [4.78, 5) is 10.8. The first-order chi connectivity index (χ1) is 7.04. The topological polar surface area (TPSA) is 38.3 Å². The Bertz CT molecular complexity index is 387. The Balaban J connectivity index is 2.89. The van der Waals surface area contributed by atoms with E-state index < -0.39 is 29.5 Å². The quantitative estimate of drug-likeness (QED) is 0.650. The largest absolute Gasteiger partial charge is 0.433 e. The summed E-state index contributed by atoms with van der Waals surface area (Å²) in [5.74, 6) is -2.38. The van der Waals surface area contributed by atoms with E-state index >= 15 is 0 Å². The molecule has 7 heteroatoms. The third kappa shape index (κ3) is 3.21. The van der Waals surface area contributed by atoms with Gasteiger partial charge in [-0.05, 0) is 12.1 Å². The normalized spacial score (nSPS) is 9.87. The summed E-state index contributed by atoms with van der Waals surface area (Å²) in [5.41, 5.74) is -0.407. The van der Waals surface area contributed by atoms with Gasteiger partial charge in [-0.2, -0.15) is 0 Å². The number of alkyl halides is 1. The molecule has 0 fully saturated rings. The highest BCUT2D eigenvalue weighted by Crippen LogP contribution is 2.22. The molecule has 0 saturated carbocycles. The molecule has 0 aliphatic rings. The Morgan fingerprint density at radius 1 is 1.47 bits per heavy atom. The maximum Gasteiger partial charge on any atom is 0.412 e. The van der Waals surface area contributed by atoms with E-state index in [1.807, 2.05) is 5.32 Å². The van der Waals surface area contributed by atoms with Crippen LogP contribution in [-0.2, 0) is 4.74 Å². The van der Waals surface area contributed by atoms with Crippen molar-refractivity contribution in [1.29, 1.82) is 0 Å². The number of hydrogen-bond acceptors (Lipinski definition) is 2. The lowest BCUT2D eigenvalue weighted by Crippen LogP contribution is -2.14. The second-order valence-corrected chi connectivity index (χ2v) is 3.07. The highest BCUT2D eigenvalue weighted by Gasteiger charge is 2.13. The van der Waals surface area contributed by atoms with E-state index in [4.69, 9.17) is 23.2 Å². The van der Waals surface area contributed by atoms with E-state index in [1.165, 1.54) is 0 Å². The number of carbonyl (C=O) groups is 1. The van der Waals surface area contributed by atoms with Crippen molar-refractivity contribution in [3.63, 3.8) is 0 Å². The molecule has 1 aromatic rings. The lowest BCUT2D eigenvalue weighted by molar-refractivity contribution is 0.180. The standard InChI is InChI=1S/C8H5Cl2F2NO2/c9-3-15-8(14)13-6-2-4(10)1-5(11)7(6)12/h1-2H,3H2,(H,13,14). The minimum atomic E-state index is -1.22. The second-order valence-electron chi connectivity index (χ2n) is 2.42. The van der Waals surface area contributed by atoms with Crippen molar-refractivity contribution in [1.82, 2.24) is 0 Å². The van der Waals surface area contributed by atoms with Gasteiger partial charge in [0.2, 0.25) is 0 Å². The van der Waals surface area contributed by atoms with Crippen LogP contribution in [0.25, 0.3) is 0 Å². The minimum absolute atomic E-state index is 0.0462. The van der Waals surface area contributed by atoms with Crippen molar-refractivity contribution in [2.24, 2.45) is 0 Å². The molecule has 3 nitrogen and oxygen atoms in total. The van der Waals surface area contributed by atoms with Gasteiger partial charge in [0.15, 0.2) is 17.7 Å². The number of rotatable bonds is 2. The lowest BCUT2D eigenvalue weighted by atomic mass is 10.3. The van der Waals surface area contributed by atoms with Crippen LogP contribution in [0, 0.1) is 11.6 Å². The first-order valence-corrected chi connectivity index (χ1v) is 4.60. The molecule has 0 aliphatic heterocycles. The predicted molar refractivity (Wildman–Crippen MR) is 52.2 cm³/mol. The molecule has 0 aromatic heterocycles. The molecule has 0 bridgehead atoms. The summed E-state index contributed by atoms with van der Waals surface area (Å²) in [5, 5.41) is 1.90. The van der Waals surface area contributed by atoms with Crippen LogP contribution >= 0.6 is 23.2 Å². The van der Waals surface area contributed by atoms with Gasteiger partial charge in [-0.25, -0.2) is 13.6 Å². The highest BCUT2D eigenvalue weighted by atomic mass is 35.5. The molecule has 15 heavy (non-hydrogen) atoms. The molecule has 0 saturated heterocycles. The zero-order chi connectivity index (χ0) is 11.4. The maximum atomic E-state index is 13.0. The third-order valence-corrected chi connectivity index (χ3v) is 1.74. The zero-order valence-corrected chi connectivity index (χ0v) is 8.70. The maximum absolute atomic E-state index is 13.0. The molecule has 82 valence electrons. The van der Waals surface area contributed by atoms with Gasteiger partial charge in [-0.3, -0.25) is 5.32 Å². The van der Waals surface area contributed by atoms with Gasteiger partial charge in [0.05, 0.1) is 5.69 Å². The van der Waals surface area contributed by atoms with Crippen molar-refractivity contribution in [3.8, 4) is 0 Å². The fourth-order valence-corrected chi connectivity index (χ4v) is 1.15. The lowest BCUT2D eigenvalue weighted by Gasteiger charge is -2.06. The van der Waals surface area contributed by atoms with Crippen LogP contribution in [0.5, 0.6) is 0 Å². The van der Waals surface area contributed by atoms with Crippen molar-refractivity contribution < 1.29 is 18.3 Å². The predicted octanol–water partition coefficient (Wildman–Crippen LogP) is 3.36. The Morgan fingerprint density at radius 2 is 2.13 bits per heavy atom. The molecule has 0 spiro atoms. The first kappa shape index (κ1) is 12.0. The SMILES string of the molecule is O=C(Nc1cc(Cl)cc(F)c1F)OCCl. The van der Waals surface area contributed by atoms with E-state index in [1.54, 1.807) is 0 Å². The average molecular weight is 256 g/mol. The molecule has 0 aliphatic carbocycles. The third-order valence-electron chi connectivity index (χ3n) is 1.42. The fraction of sp³-hybridized carbons (Fsp3) is 0.125. The summed E-state index contributed by atoms with van der Waals surface area (Å²) in [6.07, 6.45) is -0.995. The Hall–Kier alpha value is -1.07. The van der Waals surface area contributed by atoms with Crippen LogP contribution in [0.15, 0.2) is 12.1 Å². The van der Waals surface area contributed by atoms with Crippen LogP contribution in [0.3, 0.4) is 0 Å². The van der Waals surface area contributed by atoms with Gasteiger partial charge < -0.3 is 4.74 Å². The van der Waals surface area contributed by atoms with Gasteiger partial charge in [0, 0.05) is 5.02 Å². The zero-order valence-electron chi connectivity index (χ0n) is 7.19. The number of hydrogen-bond donors (Lipinski definition) is 1. The van der Waals surface area contributed by atoms with Crippen molar-refractivity contribution in [3.05, 3.63) is 28.8 Å². The Labute approximate surface area is 93.9 Å². The first-order valence-electron chi connectivity index (χ1n) is 3.69. The fourth-order valence-electron chi connectivity index (χ4n) is 0.843. The van der Waals surface area contributed by atoms with Gasteiger partial charge >= 0.3 is 6.09 Å². The van der Waals surface area contributed by atoms with E-state index in [-0.39, 0.29) is 5.02 Å². The molecule has 1 rings (SSSR count). The van der Waals surface area contributed by atoms with E-state index in [9.17, 15) is 13.6 Å². The summed E-state index contributed by atoms with van der Waals surface area (Å²) in [6, 6.07) is 1.45. The molecule has 0 radical (unpaired) electrons. The molecule has 1 N–H and O–H groups in total. The Morgan fingerprint density at radius 3 is 2.73 bits per heavy atom. The number of halogens is 4. The molecular weight excluding hydrogens is 251 g/mol. The molecular formula is C8H5Cl2F2NO2. The molecule has 1 amide bonds. The number of ether oxygens (including phenoxy) is 1. The average Bonchev–Trinajstić information content (AvgIpc) is 2.13. The number of benzene rings is 1. The molecule has 0 unspecified atom stereocenters.